The first-order valence-electron chi connectivity index (χ1n) is 10.8. The summed E-state index contributed by atoms with van der Waals surface area (Å²) in [7, 11) is 3.89. The average molecular weight is 537 g/mol. The molecule has 2 N–H and O–H groups in total. The second-order valence-electron chi connectivity index (χ2n) is 7.37. The maximum atomic E-state index is 5.41. The van der Waals surface area contributed by atoms with E-state index in [1.165, 1.54) is 0 Å². The van der Waals surface area contributed by atoms with Gasteiger partial charge in [-0.1, -0.05) is 0 Å². The zero-order chi connectivity index (χ0) is 20.6. The molecule has 30 heavy (non-hydrogen) atoms. The van der Waals surface area contributed by atoms with Crippen LogP contribution in [0, 0.1) is 0 Å². The van der Waals surface area contributed by atoms with Crippen LogP contribution < -0.4 is 10.6 Å². The van der Waals surface area contributed by atoms with Gasteiger partial charge < -0.3 is 29.4 Å². The molecule has 0 atom stereocenters. The second-order valence-corrected chi connectivity index (χ2v) is 7.37. The Kier molecular flexibility index (Phi) is 16.1. The third kappa shape index (κ3) is 12.7. The highest BCUT2D eigenvalue weighted by molar-refractivity contribution is 14.0. The minimum atomic E-state index is 0. The fourth-order valence-corrected chi connectivity index (χ4v) is 3.20. The SMILES string of the molecule is COCCCN(C)CCNC(=NCCCN1CCOCC1)NCCc1ccco1.I. The molecule has 1 aliphatic heterocycles. The number of nitrogens with one attached hydrogen (secondary N) is 2. The summed E-state index contributed by atoms with van der Waals surface area (Å²) in [6.45, 7) is 10.1. The van der Waals surface area contributed by atoms with Gasteiger partial charge in [0.25, 0.3) is 0 Å². The number of nitrogens with zero attached hydrogens (tertiary/aromatic N) is 3. The Labute approximate surface area is 198 Å². The third-order valence-electron chi connectivity index (χ3n) is 4.92. The Morgan fingerprint density at radius 2 is 2.00 bits per heavy atom. The van der Waals surface area contributed by atoms with Gasteiger partial charge in [-0.25, -0.2) is 0 Å². The molecule has 2 heterocycles. The van der Waals surface area contributed by atoms with Gasteiger partial charge in [0.2, 0.25) is 0 Å². The van der Waals surface area contributed by atoms with Crippen molar-refractivity contribution in [1.82, 2.24) is 20.4 Å². The smallest absolute Gasteiger partial charge is 0.191 e. The van der Waals surface area contributed by atoms with Crippen molar-refractivity contribution in [3.05, 3.63) is 24.2 Å². The summed E-state index contributed by atoms with van der Waals surface area (Å²) in [5.41, 5.74) is 0. The van der Waals surface area contributed by atoms with Gasteiger partial charge in [0.05, 0.1) is 19.5 Å². The lowest BCUT2D eigenvalue weighted by Gasteiger charge is -2.26. The first-order valence-corrected chi connectivity index (χ1v) is 10.8. The van der Waals surface area contributed by atoms with Gasteiger partial charge in [-0.3, -0.25) is 9.89 Å². The van der Waals surface area contributed by atoms with Crippen molar-refractivity contribution < 1.29 is 13.9 Å². The minimum absolute atomic E-state index is 0. The minimum Gasteiger partial charge on any atom is -0.469 e. The van der Waals surface area contributed by atoms with Crippen molar-refractivity contribution >= 4 is 29.9 Å². The summed E-state index contributed by atoms with van der Waals surface area (Å²) >= 11 is 0. The Bertz CT molecular complexity index is 539. The number of hydrogen-bond donors (Lipinski definition) is 2. The molecule has 0 saturated carbocycles. The lowest BCUT2D eigenvalue weighted by Crippen LogP contribution is -2.42. The molecule has 0 aromatic carbocycles. The van der Waals surface area contributed by atoms with E-state index in [1.54, 1.807) is 13.4 Å². The van der Waals surface area contributed by atoms with E-state index in [0.29, 0.717) is 0 Å². The second kappa shape index (κ2) is 17.8. The quantitative estimate of drug-likeness (QED) is 0.162. The Morgan fingerprint density at radius 3 is 2.73 bits per heavy atom. The molecular weight excluding hydrogens is 497 g/mol. The van der Waals surface area contributed by atoms with E-state index >= 15 is 0 Å². The van der Waals surface area contributed by atoms with Gasteiger partial charge in [-0.2, -0.15) is 0 Å². The van der Waals surface area contributed by atoms with Crippen LogP contribution in [0.4, 0.5) is 0 Å². The molecule has 0 unspecified atom stereocenters. The average Bonchev–Trinajstić information content (AvgIpc) is 3.25. The standard InChI is InChI=1S/C21H39N5O3.HI/c1-25(11-5-16-27-2)13-10-24-21(23-9-7-20-6-3-17-29-20)22-8-4-12-26-14-18-28-19-15-26;/h3,6,17H,4-5,7-16,18-19H2,1-2H3,(H2,22,23,24);1H. The van der Waals surface area contributed by atoms with E-state index in [9.17, 15) is 0 Å². The molecule has 1 aromatic rings. The summed E-state index contributed by atoms with van der Waals surface area (Å²) in [6, 6.07) is 3.93. The fourth-order valence-electron chi connectivity index (χ4n) is 3.20. The number of furan rings is 1. The lowest BCUT2D eigenvalue weighted by atomic mass is 10.3. The van der Waals surface area contributed by atoms with Crippen molar-refractivity contribution in [3.63, 3.8) is 0 Å². The molecule has 1 aliphatic rings. The van der Waals surface area contributed by atoms with Crippen molar-refractivity contribution in [1.29, 1.82) is 0 Å². The van der Waals surface area contributed by atoms with Crippen molar-refractivity contribution in [2.75, 3.05) is 86.3 Å². The molecule has 1 fully saturated rings. The molecule has 174 valence electrons. The van der Waals surface area contributed by atoms with Crippen LogP contribution in [0.5, 0.6) is 0 Å². The molecule has 1 saturated heterocycles. The highest BCUT2D eigenvalue weighted by Gasteiger charge is 2.09. The van der Waals surface area contributed by atoms with Crippen LogP contribution in [-0.4, -0.2) is 102 Å². The Morgan fingerprint density at radius 1 is 1.20 bits per heavy atom. The topological polar surface area (TPSA) is 74.5 Å². The van der Waals surface area contributed by atoms with Crippen LogP contribution in [0.15, 0.2) is 27.8 Å². The number of halogens is 1. The van der Waals surface area contributed by atoms with Crippen molar-refractivity contribution in [2.45, 2.75) is 19.3 Å². The predicted octanol–water partition coefficient (Wildman–Crippen LogP) is 1.67. The molecule has 2 rings (SSSR count). The summed E-state index contributed by atoms with van der Waals surface area (Å²) in [6.07, 6.45) is 4.67. The van der Waals surface area contributed by atoms with E-state index in [0.717, 1.165) is 103 Å². The number of hydrogen-bond acceptors (Lipinski definition) is 6. The molecule has 1 aromatic heterocycles. The number of aliphatic imine (C=N–C) groups is 1. The number of guanidine groups is 1. The molecular formula is C21H40IN5O3. The van der Waals surface area contributed by atoms with E-state index < -0.39 is 0 Å². The number of morpholine rings is 1. The largest absolute Gasteiger partial charge is 0.469 e. The van der Waals surface area contributed by atoms with Gasteiger partial charge in [-0.15, -0.1) is 24.0 Å². The highest BCUT2D eigenvalue weighted by atomic mass is 127. The third-order valence-corrected chi connectivity index (χ3v) is 4.92. The molecule has 0 radical (unpaired) electrons. The zero-order valence-electron chi connectivity index (χ0n) is 18.6. The maximum absolute atomic E-state index is 5.41. The van der Waals surface area contributed by atoms with Crippen LogP contribution in [0.3, 0.4) is 0 Å². The van der Waals surface area contributed by atoms with E-state index in [2.05, 4.69) is 27.5 Å². The molecule has 0 spiro atoms. The van der Waals surface area contributed by atoms with Gasteiger partial charge in [-0.05, 0) is 32.0 Å². The van der Waals surface area contributed by atoms with Gasteiger partial charge >= 0.3 is 0 Å². The molecule has 0 aliphatic carbocycles. The molecule has 0 bridgehead atoms. The van der Waals surface area contributed by atoms with E-state index in [-0.39, 0.29) is 24.0 Å². The van der Waals surface area contributed by atoms with E-state index in [1.807, 2.05) is 12.1 Å². The van der Waals surface area contributed by atoms with Crippen LogP contribution in [0.25, 0.3) is 0 Å². The summed E-state index contributed by atoms with van der Waals surface area (Å²) in [5.74, 6) is 1.87. The van der Waals surface area contributed by atoms with Gasteiger partial charge in [0, 0.05) is 72.5 Å². The number of methoxy groups -OCH3 is 1. The first kappa shape index (κ1) is 27.2. The van der Waals surface area contributed by atoms with Crippen molar-refractivity contribution in [3.8, 4) is 0 Å². The van der Waals surface area contributed by atoms with Gasteiger partial charge in [0.15, 0.2) is 5.96 Å². The van der Waals surface area contributed by atoms with E-state index in [4.69, 9.17) is 18.9 Å². The van der Waals surface area contributed by atoms with Crippen LogP contribution in [-0.2, 0) is 15.9 Å². The number of rotatable bonds is 14. The zero-order valence-corrected chi connectivity index (χ0v) is 20.9. The summed E-state index contributed by atoms with van der Waals surface area (Å²) in [5, 5.41) is 6.89. The number of likely N-dealkylation sites (N-methyl/N-ethyl adjacent to an activating group) is 1. The van der Waals surface area contributed by atoms with Gasteiger partial charge in [0.1, 0.15) is 5.76 Å². The molecule has 0 amide bonds. The summed E-state index contributed by atoms with van der Waals surface area (Å²) < 4.78 is 15.9. The normalized spacial score (nSPS) is 15.2. The predicted molar refractivity (Wildman–Crippen MR) is 132 cm³/mol. The molecule has 8 nitrogen and oxygen atoms in total. The maximum Gasteiger partial charge on any atom is 0.191 e. The fraction of sp³-hybridized carbons (Fsp3) is 0.762. The monoisotopic (exact) mass is 537 g/mol. The Hall–Kier alpha value is -0.880. The van der Waals surface area contributed by atoms with Crippen LogP contribution in [0.2, 0.25) is 0 Å². The Balaban J connectivity index is 0.00000450. The van der Waals surface area contributed by atoms with Crippen LogP contribution >= 0.6 is 24.0 Å². The lowest BCUT2D eigenvalue weighted by molar-refractivity contribution is 0.0377. The van der Waals surface area contributed by atoms with Crippen molar-refractivity contribution in [2.24, 2.45) is 4.99 Å². The summed E-state index contributed by atoms with van der Waals surface area (Å²) in [4.78, 5) is 9.53. The molecule has 9 heteroatoms. The first-order chi connectivity index (χ1) is 14.3. The number of ether oxygens (including phenoxy) is 2. The highest BCUT2D eigenvalue weighted by Crippen LogP contribution is 2.00. The van der Waals surface area contributed by atoms with Crippen LogP contribution in [0.1, 0.15) is 18.6 Å².